The fraction of sp³-hybridized carbons (Fsp3) is 0.111. The third kappa shape index (κ3) is 2.58. The zero-order valence-corrected chi connectivity index (χ0v) is 13.7. The molecule has 2 rings (SSSR count). The highest BCUT2D eigenvalue weighted by atomic mass is 127. The summed E-state index contributed by atoms with van der Waals surface area (Å²) in [5, 5.41) is 12.3. The monoisotopic (exact) mass is 442 g/mol. The van der Waals surface area contributed by atoms with Gasteiger partial charge in [0.15, 0.2) is 5.82 Å². The predicted molar refractivity (Wildman–Crippen MR) is 78.2 cm³/mol. The highest BCUT2D eigenvalue weighted by Crippen LogP contribution is 2.27. The third-order valence-electron chi connectivity index (χ3n) is 2.26. The lowest BCUT2D eigenvalue weighted by Crippen LogP contribution is -2.17. The topological polar surface area (TPSA) is 90.9 Å². The quantitative estimate of drug-likeness (QED) is 0.713. The summed E-state index contributed by atoms with van der Waals surface area (Å²) in [4.78, 5) is 0. The minimum Gasteiger partial charge on any atom is -0.300 e. The molecule has 0 radical (unpaired) electrons. The minimum atomic E-state index is -3.87. The normalized spacial score (nSPS) is 11.8. The fourth-order valence-corrected chi connectivity index (χ4v) is 3.03. The maximum atomic E-state index is 11.3. The van der Waals surface area contributed by atoms with Crippen molar-refractivity contribution >= 4 is 48.5 Å². The van der Waals surface area contributed by atoms with E-state index in [2.05, 4.69) is 48.7 Å². The average Bonchev–Trinajstić information content (AvgIpc) is 2.63. The number of primary sulfonamides is 1. The predicted octanol–water partition coefficient (Wildman–Crippen LogP) is 1.50. The minimum absolute atomic E-state index is 0.256. The summed E-state index contributed by atoms with van der Waals surface area (Å²) in [5.41, 5.74) is 0.787. The number of hydrogen-bond donors (Lipinski definition) is 1. The van der Waals surface area contributed by atoms with Gasteiger partial charge in [-0.2, -0.15) is 0 Å². The Morgan fingerprint density at radius 1 is 1.39 bits per heavy atom. The van der Waals surface area contributed by atoms with E-state index in [4.69, 9.17) is 5.14 Å². The SMILES string of the molecule is Cn1c(-c2cc(Br)ccc2I)nnc1S(N)(=O)=O. The van der Waals surface area contributed by atoms with Crippen LogP contribution >= 0.6 is 38.5 Å². The summed E-state index contributed by atoms with van der Waals surface area (Å²) in [6.45, 7) is 0. The van der Waals surface area contributed by atoms with E-state index in [0.29, 0.717) is 5.82 Å². The van der Waals surface area contributed by atoms with Gasteiger partial charge in [-0.1, -0.05) is 15.9 Å². The van der Waals surface area contributed by atoms with Gasteiger partial charge in [0.2, 0.25) is 0 Å². The molecule has 2 N–H and O–H groups in total. The van der Waals surface area contributed by atoms with Crippen LogP contribution in [0.3, 0.4) is 0 Å². The van der Waals surface area contributed by atoms with Crippen molar-refractivity contribution in [2.75, 3.05) is 0 Å². The van der Waals surface area contributed by atoms with E-state index >= 15 is 0 Å². The molecular formula is C9H8BrIN4O2S. The average molecular weight is 443 g/mol. The maximum absolute atomic E-state index is 11.3. The molecule has 0 spiro atoms. The Morgan fingerprint density at radius 3 is 2.61 bits per heavy atom. The first kappa shape index (κ1) is 13.9. The van der Waals surface area contributed by atoms with Gasteiger partial charge in [-0.25, -0.2) is 13.6 Å². The second kappa shape index (κ2) is 4.87. The van der Waals surface area contributed by atoms with E-state index in [0.717, 1.165) is 13.6 Å². The van der Waals surface area contributed by atoms with Gasteiger partial charge in [-0.05, 0) is 40.8 Å². The van der Waals surface area contributed by atoms with Gasteiger partial charge >= 0.3 is 0 Å². The number of halogens is 2. The second-order valence-electron chi connectivity index (χ2n) is 3.53. The lowest BCUT2D eigenvalue weighted by Gasteiger charge is -2.05. The van der Waals surface area contributed by atoms with Gasteiger partial charge in [0, 0.05) is 20.7 Å². The molecule has 0 saturated carbocycles. The van der Waals surface area contributed by atoms with Crippen LogP contribution in [0.5, 0.6) is 0 Å². The molecule has 2 aromatic rings. The lowest BCUT2D eigenvalue weighted by atomic mass is 10.2. The van der Waals surface area contributed by atoms with Gasteiger partial charge in [-0.3, -0.25) is 4.57 Å². The van der Waals surface area contributed by atoms with Gasteiger partial charge in [0.1, 0.15) is 0 Å². The van der Waals surface area contributed by atoms with E-state index in [1.807, 2.05) is 18.2 Å². The van der Waals surface area contributed by atoms with Crippen LogP contribution in [-0.4, -0.2) is 23.2 Å². The molecule has 0 aliphatic heterocycles. The van der Waals surface area contributed by atoms with E-state index in [9.17, 15) is 8.42 Å². The summed E-state index contributed by atoms with van der Waals surface area (Å²) >= 11 is 5.51. The first-order chi connectivity index (χ1) is 8.30. The number of sulfonamides is 1. The number of nitrogens with two attached hydrogens (primary N) is 1. The Kier molecular flexibility index (Phi) is 3.76. The van der Waals surface area contributed by atoms with Crippen molar-refractivity contribution in [1.82, 2.24) is 14.8 Å². The fourth-order valence-electron chi connectivity index (χ4n) is 1.47. The van der Waals surface area contributed by atoms with Crippen LogP contribution in [0.4, 0.5) is 0 Å². The van der Waals surface area contributed by atoms with Crippen LogP contribution in [0.1, 0.15) is 0 Å². The Labute approximate surface area is 126 Å². The van der Waals surface area contributed by atoms with Crippen molar-refractivity contribution in [3.8, 4) is 11.4 Å². The molecular weight excluding hydrogens is 435 g/mol. The molecule has 6 nitrogen and oxygen atoms in total. The van der Waals surface area contributed by atoms with Crippen molar-refractivity contribution in [1.29, 1.82) is 0 Å². The van der Waals surface area contributed by atoms with E-state index < -0.39 is 10.0 Å². The smallest absolute Gasteiger partial charge is 0.273 e. The molecule has 0 amide bonds. The molecule has 0 bridgehead atoms. The molecule has 96 valence electrons. The molecule has 1 aromatic heterocycles. The Hall–Kier alpha value is -0.520. The number of benzene rings is 1. The summed E-state index contributed by atoms with van der Waals surface area (Å²) in [6.07, 6.45) is 0. The summed E-state index contributed by atoms with van der Waals surface area (Å²) in [5.74, 6) is 0.449. The highest BCUT2D eigenvalue weighted by molar-refractivity contribution is 14.1. The van der Waals surface area contributed by atoms with Crippen molar-refractivity contribution in [2.45, 2.75) is 5.16 Å². The van der Waals surface area contributed by atoms with Crippen LogP contribution in [0.15, 0.2) is 27.8 Å². The standard InChI is InChI=1S/C9H8BrIN4O2S/c1-15-8(13-14-9(15)18(12,16)17)6-4-5(10)2-3-7(6)11/h2-4H,1H3,(H2,12,16,17). The first-order valence-corrected chi connectivity index (χ1v) is 8.10. The molecule has 0 fully saturated rings. The summed E-state index contributed by atoms with van der Waals surface area (Å²) in [6, 6.07) is 5.63. The summed E-state index contributed by atoms with van der Waals surface area (Å²) < 4.78 is 25.8. The molecule has 0 saturated heterocycles. The van der Waals surface area contributed by atoms with Crippen LogP contribution < -0.4 is 5.14 Å². The van der Waals surface area contributed by atoms with E-state index in [1.54, 1.807) is 7.05 Å². The van der Waals surface area contributed by atoms with Gasteiger partial charge in [0.25, 0.3) is 15.2 Å². The summed E-state index contributed by atoms with van der Waals surface area (Å²) in [7, 11) is -2.31. The van der Waals surface area contributed by atoms with Crippen molar-refractivity contribution in [2.24, 2.45) is 12.2 Å². The number of hydrogen-bond acceptors (Lipinski definition) is 4. The van der Waals surface area contributed by atoms with Crippen LogP contribution in [0.25, 0.3) is 11.4 Å². The molecule has 9 heteroatoms. The Morgan fingerprint density at radius 2 is 2.06 bits per heavy atom. The van der Waals surface area contributed by atoms with Gasteiger partial charge in [0.05, 0.1) is 0 Å². The number of rotatable bonds is 2. The van der Waals surface area contributed by atoms with Crippen LogP contribution in [0.2, 0.25) is 0 Å². The first-order valence-electron chi connectivity index (χ1n) is 4.68. The van der Waals surface area contributed by atoms with E-state index in [-0.39, 0.29) is 5.16 Å². The van der Waals surface area contributed by atoms with Crippen LogP contribution in [0, 0.1) is 3.57 Å². The van der Waals surface area contributed by atoms with Crippen molar-refractivity contribution in [3.05, 3.63) is 26.2 Å². The molecule has 0 aliphatic rings. The number of nitrogens with zero attached hydrogens (tertiary/aromatic N) is 3. The largest absolute Gasteiger partial charge is 0.300 e. The van der Waals surface area contributed by atoms with E-state index in [1.165, 1.54) is 4.57 Å². The lowest BCUT2D eigenvalue weighted by molar-refractivity contribution is 0.580. The zero-order valence-electron chi connectivity index (χ0n) is 9.13. The molecule has 0 unspecified atom stereocenters. The third-order valence-corrected chi connectivity index (χ3v) is 4.56. The Bertz CT molecular complexity index is 713. The second-order valence-corrected chi connectivity index (χ2v) is 7.07. The van der Waals surface area contributed by atoms with Crippen molar-refractivity contribution in [3.63, 3.8) is 0 Å². The zero-order chi connectivity index (χ0) is 13.5. The van der Waals surface area contributed by atoms with Gasteiger partial charge < -0.3 is 0 Å². The highest BCUT2D eigenvalue weighted by Gasteiger charge is 2.20. The maximum Gasteiger partial charge on any atom is 0.273 e. The molecule has 0 aliphatic carbocycles. The van der Waals surface area contributed by atoms with Crippen molar-refractivity contribution < 1.29 is 8.42 Å². The van der Waals surface area contributed by atoms with Gasteiger partial charge in [-0.15, -0.1) is 10.2 Å². The van der Waals surface area contributed by atoms with Crippen LogP contribution in [-0.2, 0) is 17.1 Å². The molecule has 1 heterocycles. The molecule has 18 heavy (non-hydrogen) atoms. The molecule has 0 atom stereocenters. The molecule has 1 aromatic carbocycles. The number of aromatic nitrogens is 3. The Balaban J connectivity index is 2.67.